The second-order valence-corrected chi connectivity index (χ2v) is 6.51. The Morgan fingerprint density at radius 1 is 1.05 bits per heavy atom. The summed E-state index contributed by atoms with van der Waals surface area (Å²) in [6.07, 6.45) is 9.60. The minimum atomic E-state index is 0.233. The van der Waals surface area contributed by atoms with Gasteiger partial charge in [0.15, 0.2) is 0 Å². The molecule has 0 amide bonds. The molecular weight excluding hydrogens is 278 g/mol. The van der Waals surface area contributed by atoms with Crippen LogP contribution in [0.1, 0.15) is 38.5 Å². The van der Waals surface area contributed by atoms with E-state index in [-0.39, 0.29) is 5.41 Å². The third-order valence-corrected chi connectivity index (χ3v) is 5.30. The molecule has 0 atom stereocenters. The fourth-order valence-electron chi connectivity index (χ4n) is 3.25. The molecule has 0 spiro atoms. The van der Waals surface area contributed by atoms with Crippen LogP contribution in [-0.4, -0.2) is 17.3 Å². The largest absolute Gasteiger partial charge is 0.491 e. The van der Waals surface area contributed by atoms with Gasteiger partial charge in [-0.2, -0.15) is 12.6 Å². The molecule has 1 aliphatic carbocycles. The number of hydrogen-bond donors (Lipinski definition) is 1. The summed E-state index contributed by atoms with van der Waals surface area (Å²) in [5.74, 6) is 1.81. The number of pyridine rings is 1. The molecule has 0 aliphatic heterocycles. The number of fused-ring (bicyclic) bond motifs is 1. The average Bonchev–Trinajstić information content (AvgIpc) is 2.79. The van der Waals surface area contributed by atoms with Crippen LogP contribution in [0.4, 0.5) is 0 Å². The van der Waals surface area contributed by atoms with E-state index in [1.165, 1.54) is 38.5 Å². The topological polar surface area (TPSA) is 22.1 Å². The standard InChI is InChI=1S/C18H23NOS/c21-14-18(10-3-1-2-4-11-18)13-20-16-9-5-7-15-8-6-12-19-17(15)16/h5-9,12,21H,1-4,10-11,13-14H2. The molecule has 21 heavy (non-hydrogen) atoms. The van der Waals surface area contributed by atoms with Crippen LogP contribution in [-0.2, 0) is 0 Å². The summed E-state index contributed by atoms with van der Waals surface area (Å²) in [6.45, 7) is 0.756. The smallest absolute Gasteiger partial charge is 0.145 e. The van der Waals surface area contributed by atoms with E-state index in [1.807, 2.05) is 24.4 Å². The molecule has 3 rings (SSSR count). The molecule has 1 heterocycles. The van der Waals surface area contributed by atoms with Crippen molar-refractivity contribution in [2.45, 2.75) is 38.5 Å². The Labute approximate surface area is 132 Å². The van der Waals surface area contributed by atoms with Crippen molar-refractivity contribution in [2.75, 3.05) is 12.4 Å². The third-order valence-electron chi connectivity index (χ3n) is 4.63. The van der Waals surface area contributed by atoms with E-state index in [0.29, 0.717) is 0 Å². The Morgan fingerprint density at radius 2 is 1.81 bits per heavy atom. The number of thiol groups is 1. The van der Waals surface area contributed by atoms with Gasteiger partial charge < -0.3 is 4.74 Å². The maximum Gasteiger partial charge on any atom is 0.145 e. The quantitative estimate of drug-likeness (QED) is 0.642. The summed E-state index contributed by atoms with van der Waals surface area (Å²) < 4.78 is 6.20. The van der Waals surface area contributed by atoms with Crippen molar-refractivity contribution in [1.29, 1.82) is 0 Å². The van der Waals surface area contributed by atoms with Crippen LogP contribution >= 0.6 is 12.6 Å². The molecule has 1 aromatic carbocycles. The van der Waals surface area contributed by atoms with Gasteiger partial charge in [0, 0.05) is 17.0 Å². The van der Waals surface area contributed by atoms with E-state index in [1.54, 1.807) is 0 Å². The van der Waals surface area contributed by atoms with Crippen molar-refractivity contribution in [2.24, 2.45) is 5.41 Å². The van der Waals surface area contributed by atoms with E-state index in [9.17, 15) is 0 Å². The third kappa shape index (κ3) is 3.34. The fraction of sp³-hybridized carbons (Fsp3) is 0.500. The first-order chi connectivity index (χ1) is 10.3. The Balaban J connectivity index is 1.78. The highest BCUT2D eigenvalue weighted by atomic mass is 32.1. The van der Waals surface area contributed by atoms with Crippen LogP contribution in [0.2, 0.25) is 0 Å². The molecule has 1 saturated carbocycles. The number of aromatic nitrogens is 1. The van der Waals surface area contributed by atoms with Gasteiger partial charge in [-0.1, -0.05) is 43.9 Å². The molecule has 112 valence electrons. The van der Waals surface area contributed by atoms with Crippen LogP contribution in [0.3, 0.4) is 0 Å². The van der Waals surface area contributed by atoms with E-state index >= 15 is 0 Å². The van der Waals surface area contributed by atoms with E-state index < -0.39 is 0 Å². The summed E-state index contributed by atoms with van der Waals surface area (Å²) >= 11 is 4.62. The molecule has 2 nitrogen and oxygen atoms in total. The van der Waals surface area contributed by atoms with Gasteiger partial charge in [0.1, 0.15) is 11.3 Å². The van der Waals surface area contributed by atoms with Crippen molar-refractivity contribution in [3.05, 3.63) is 36.5 Å². The van der Waals surface area contributed by atoms with Crippen molar-refractivity contribution in [3.8, 4) is 5.75 Å². The van der Waals surface area contributed by atoms with Crippen LogP contribution in [0, 0.1) is 5.41 Å². The number of hydrogen-bond acceptors (Lipinski definition) is 3. The summed E-state index contributed by atoms with van der Waals surface area (Å²) in [4.78, 5) is 4.47. The predicted molar refractivity (Wildman–Crippen MR) is 91.2 cm³/mol. The molecule has 1 fully saturated rings. The molecular formula is C18H23NOS. The highest BCUT2D eigenvalue weighted by Crippen LogP contribution is 2.37. The number of para-hydroxylation sites is 1. The molecule has 0 radical (unpaired) electrons. The molecule has 3 heteroatoms. The predicted octanol–water partition coefficient (Wildman–Crippen LogP) is 4.88. The summed E-state index contributed by atoms with van der Waals surface area (Å²) in [6, 6.07) is 10.2. The van der Waals surface area contributed by atoms with Crippen LogP contribution in [0.15, 0.2) is 36.5 Å². The minimum Gasteiger partial charge on any atom is -0.491 e. The maximum absolute atomic E-state index is 6.20. The normalized spacial score (nSPS) is 18.3. The molecule has 0 bridgehead atoms. The maximum atomic E-state index is 6.20. The van der Waals surface area contributed by atoms with Crippen LogP contribution in [0.25, 0.3) is 10.9 Å². The minimum absolute atomic E-state index is 0.233. The fourth-order valence-corrected chi connectivity index (χ4v) is 3.66. The van der Waals surface area contributed by atoms with E-state index in [2.05, 4.69) is 29.7 Å². The number of ether oxygens (including phenoxy) is 1. The lowest BCUT2D eigenvalue weighted by Crippen LogP contribution is -2.30. The summed E-state index contributed by atoms with van der Waals surface area (Å²) in [5.41, 5.74) is 1.19. The van der Waals surface area contributed by atoms with Gasteiger partial charge in [-0.3, -0.25) is 4.98 Å². The highest BCUT2D eigenvalue weighted by molar-refractivity contribution is 7.80. The van der Waals surface area contributed by atoms with Gasteiger partial charge in [-0.15, -0.1) is 0 Å². The van der Waals surface area contributed by atoms with Gasteiger partial charge in [0.25, 0.3) is 0 Å². The number of benzene rings is 1. The Bertz CT molecular complexity index is 585. The highest BCUT2D eigenvalue weighted by Gasteiger charge is 2.30. The zero-order chi connectivity index (χ0) is 14.5. The van der Waals surface area contributed by atoms with Gasteiger partial charge in [0.2, 0.25) is 0 Å². The number of rotatable bonds is 4. The van der Waals surface area contributed by atoms with Crippen molar-refractivity contribution < 1.29 is 4.74 Å². The lowest BCUT2D eigenvalue weighted by atomic mass is 9.83. The Kier molecular flexibility index (Phi) is 4.69. The van der Waals surface area contributed by atoms with Crippen LogP contribution < -0.4 is 4.74 Å². The Hall–Kier alpha value is -1.22. The molecule has 0 N–H and O–H groups in total. The first-order valence-corrected chi connectivity index (χ1v) is 8.54. The zero-order valence-corrected chi connectivity index (χ0v) is 13.3. The molecule has 0 unspecified atom stereocenters. The Morgan fingerprint density at radius 3 is 2.57 bits per heavy atom. The van der Waals surface area contributed by atoms with Crippen molar-refractivity contribution in [3.63, 3.8) is 0 Å². The van der Waals surface area contributed by atoms with Gasteiger partial charge in [0.05, 0.1) is 6.61 Å². The molecule has 1 aliphatic rings. The van der Waals surface area contributed by atoms with E-state index in [0.717, 1.165) is 29.0 Å². The monoisotopic (exact) mass is 301 g/mol. The zero-order valence-electron chi connectivity index (χ0n) is 12.4. The lowest BCUT2D eigenvalue weighted by molar-refractivity contribution is 0.149. The van der Waals surface area contributed by atoms with Crippen molar-refractivity contribution in [1.82, 2.24) is 4.98 Å². The van der Waals surface area contributed by atoms with Crippen LogP contribution in [0.5, 0.6) is 5.75 Å². The van der Waals surface area contributed by atoms with E-state index in [4.69, 9.17) is 4.74 Å². The van der Waals surface area contributed by atoms with Gasteiger partial charge >= 0.3 is 0 Å². The molecule has 2 aromatic rings. The first kappa shape index (κ1) is 14.7. The second kappa shape index (κ2) is 6.69. The SMILES string of the molecule is SCC1(COc2cccc3cccnc23)CCCCCC1. The van der Waals surface area contributed by atoms with Gasteiger partial charge in [-0.05, 0) is 30.7 Å². The molecule has 0 saturated heterocycles. The summed E-state index contributed by atoms with van der Waals surface area (Å²) in [7, 11) is 0. The summed E-state index contributed by atoms with van der Waals surface area (Å²) in [5, 5.41) is 1.13. The lowest BCUT2D eigenvalue weighted by Gasteiger charge is -2.31. The first-order valence-electron chi connectivity index (χ1n) is 7.90. The van der Waals surface area contributed by atoms with Gasteiger partial charge in [-0.25, -0.2) is 0 Å². The number of nitrogens with zero attached hydrogens (tertiary/aromatic N) is 1. The average molecular weight is 301 g/mol. The molecule has 1 aromatic heterocycles. The second-order valence-electron chi connectivity index (χ2n) is 6.19. The van der Waals surface area contributed by atoms with Crippen molar-refractivity contribution >= 4 is 23.5 Å².